The van der Waals surface area contributed by atoms with Crippen LogP contribution in [0, 0.1) is 11.8 Å². The summed E-state index contributed by atoms with van der Waals surface area (Å²) in [5.74, 6) is 0.359. The third kappa shape index (κ3) is 6.07. The van der Waals surface area contributed by atoms with Gasteiger partial charge >= 0.3 is 0 Å². The van der Waals surface area contributed by atoms with E-state index in [9.17, 15) is 20.1 Å². The van der Waals surface area contributed by atoms with Crippen LogP contribution in [0.4, 0.5) is 0 Å². The molecule has 0 aliphatic heterocycles. The number of aromatic nitrogens is 1. The molecule has 29 heavy (non-hydrogen) atoms. The van der Waals surface area contributed by atoms with Gasteiger partial charge in [0.05, 0.1) is 34.0 Å². The highest BCUT2D eigenvalue weighted by molar-refractivity contribution is 7.16. The Kier molecular flexibility index (Phi) is 8.18. The van der Waals surface area contributed by atoms with Crippen LogP contribution in [0.25, 0.3) is 10.2 Å². The summed E-state index contributed by atoms with van der Waals surface area (Å²) in [5.41, 5.74) is 3.57. The van der Waals surface area contributed by atoms with Gasteiger partial charge in [0, 0.05) is 6.42 Å². The predicted molar refractivity (Wildman–Crippen MR) is 116 cm³/mol. The van der Waals surface area contributed by atoms with Crippen LogP contribution in [0.3, 0.4) is 0 Å². The summed E-state index contributed by atoms with van der Waals surface area (Å²) in [6, 6.07) is 5.88. The molecular formula is C23H33NO4S. The van der Waals surface area contributed by atoms with Gasteiger partial charge in [0.25, 0.3) is 0 Å². The molecule has 0 bridgehead atoms. The molecule has 5 nitrogen and oxygen atoms in total. The molecule has 1 heterocycles. The molecular weight excluding hydrogens is 386 g/mol. The first-order valence-corrected chi connectivity index (χ1v) is 11.7. The smallest absolute Gasteiger partial charge is 0.129 e. The number of ketones is 1. The van der Waals surface area contributed by atoms with Gasteiger partial charge in [0.15, 0.2) is 0 Å². The number of thiazole rings is 1. The van der Waals surface area contributed by atoms with E-state index in [-0.39, 0.29) is 17.6 Å². The molecule has 0 spiro atoms. The van der Waals surface area contributed by atoms with Crippen molar-refractivity contribution in [1.82, 2.24) is 4.98 Å². The van der Waals surface area contributed by atoms with Crippen molar-refractivity contribution < 1.29 is 20.1 Å². The zero-order valence-corrected chi connectivity index (χ0v) is 18.0. The van der Waals surface area contributed by atoms with Crippen LogP contribution < -0.4 is 0 Å². The number of aliphatic hydroxyl groups is 3. The Labute approximate surface area is 176 Å². The second-order valence-corrected chi connectivity index (χ2v) is 9.41. The molecule has 1 unspecified atom stereocenters. The van der Waals surface area contributed by atoms with E-state index in [4.69, 9.17) is 0 Å². The number of hydrogen-bond donors (Lipinski definition) is 3. The first-order valence-electron chi connectivity index (χ1n) is 10.8. The van der Waals surface area contributed by atoms with Crippen LogP contribution in [-0.4, -0.2) is 38.3 Å². The molecule has 0 radical (unpaired) electrons. The van der Waals surface area contributed by atoms with Gasteiger partial charge in [-0.1, -0.05) is 25.3 Å². The van der Waals surface area contributed by atoms with E-state index >= 15 is 0 Å². The molecule has 1 aliphatic rings. The Morgan fingerprint density at radius 1 is 1.14 bits per heavy atom. The summed E-state index contributed by atoms with van der Waals surface area (Å²) in [6.07, 6.45) is 5.72. The van der Waals surface area contributed by atoms with E-state index in [1.807, 2.05) is 23.7 Å². The van der Waals surface area contributed by atoms with Crippen LogP contribution in [0.15, 0.2) is 23.7 Å². The van der Waals surface area contributed by atoms with E-state index in [1.54, 1.807) is 18.3 Å². The molecule has 1 saturated carbocycles. The van der Waals surface area contributed by atoms with E-state index in [0.717, 1.165) is 47.9 Å². The number of Topliss-reactive ketones (excluding diaryl/α,β-unsaturated/α-hetero) is 1. The van der Waals surface area contributed by atoms with E-state index in [0.29, 0.717) is 25.7 Å². The highest BCUT2D eigenvalue weighted by Crippen LogP contribution is 2.40. The SMILES string of the molecule is CC(=O)CCCCCC[C@@H]1[C@@H](CCC(O)c2ccc3scnc3c2)[C@H](O)C[C@@H]1O. The largest absolute Gasteiger partial charge is 0.393 e. The van der Waals surface area contributed by atoms with Crippen LogP contribution in [0.5, 0.6) is 0 Å². The summed E-state index contributed by atoms with van der Waals surface area (Å²) in [6.45, 7) is 1.63. The van der Waals surface area contributed by atoms with Crippen molar-refractivity contribution >= 4 is 27.3 Å². The van der Waals surface area contributed by atoms with Gasteiger partial charge in [-0.05, 0) is 68.6 Å². The van der Waals surface area contributed by atoms with Gasteiger partial charge in [-0.25, -0.2) is 4.98 Å². The third-order valence-electron chi connectivity index (χ3n) is 6.35. The van der Waals surface area contributed by atoms with Crippen molar-refractivity contribution in [3.8, 4) is 0 Å². The summed E-state index contributed by atoms with van der Waals surface area (Å²) < 4.78 is 1.11. The topological polar surface area (TPSA) is 90.7 Å². The number of carbonyl (C=O) groups is 1. The second kappa shape index (κ2) is 10.6. The number of carbonyl (C=O) groups excluding carboxylic acids is 1. The number of hydrogen-bond acceptors (Lipinski definition) is 6. The first-order chi connectivity index (χ1) is 14.0. The minimum atomic E-state index is -0.585. The Morgan fingerprint density at radius 2 is 1.86 bits per heavy atom. The highest BCUT2D eigenvalue weighted by atomic mass is 32.1. The van der Waals surface area contributed by atoms with Crippen molar-refractivity contribution in [3.05, 3.63) is 29.3 Å². The van der Waals surface area contributed by atoms with Crippen LogP contribution in [0.1, 0.15) is 76.4 Å². The van der Waals surface area contributed by atoms with Crippen molar-refractivity contribution in [2.75, 3.05) is 0 Å². The minimum Gasteiger partial charge on any atom is -0.393 e. The Hall–Kier alpha value is -1.34. The number of aliphatic hydroxyl groups excluding tert-OH is 3. The Bertz CT molecular complexity index is 792. The lowest BCUT2D eigenvalue weighted by molar-refractivity contribution is -0.117. The molecule has 160 valence electrons. The number of nitrogens with zero attached hydrogens (tertiary/aromatic N) is 1. The average Bonchev–Trinajstić information content (AvgIpc) is 3.25. The molecule has 0 amide bonds. The summed E-state index contributed by atoms with van der Waals surface area (Å²) in [4.78, 5) is 15.3. The van der Waals surface area contributed by atoms with Gasteiger partial charge in [-0.2, -0.15) is 0 Å². The molecule has 6 heteroatoms. The van der Waals surface area contributed by atoms with Crippen molar-refractivity contribution in [3.63, 3.8) is 0 Å². The molecule has 3 rings (SSSR count). The molecule has 1 aromatic carbocycles. The van der Waals surface area contributed by atoms with Crippen molar-refractivity contribution in [1.29, 1.82) is 0 Å². The summed E-state index contributed by atoms with van der Waals surface area (Å²) >= 11 is 1.59. The number of unbranched alkanes of at least 4 members (excludes halogenated alkanes) is 3. The fraction of sp³-hybridized carbons (Fsp3) is 0.652. The van der Waals surface area contributed by atoms with Gasteiger partial charge in [-0.3, -0.25) is 0 Å². The van der Waals surface area contributed by atoms with Gasteiger partial charge in [0.1, 0.15) is 5.78 Å². The van der Waals surface area contributed by atoms with Crippen LogP contribution in [-0.2, 0) is 4.79 Å². The number of benzene rings is 1. The van der Waals surface area contributed by atoms with Gasteiger partial charge in [0.2, 0.25) is 0 Å². The van der Waals surface area contributed by atoms with Crippen LogP contribution >= 0.6 is 11.3 Å². The molecule has 2 aromatic rings. The van der Waals surface area contributed by atoms with Crippen molar-refractivity contribution in [2.45, 2.75) is 83.0 Å². The predicted octanol–water partition coefficient (Wildman–Crippen LogP) is 4.40. The molecule has 1 fully saturated rings. The lowest BCUT2D eigenvalue weighted by atomic mass is 9.84. The third-order valence-corrected chi connectivity index (χ3v) is 7.16. The molecule has 1 aliphatic carbocycles. The number of fused-ring (bicyclic) bond motifs is 1. The maximum Gasteiger partial charge on any atom is 0.129 e. The van der Waals surface area contributed by atoms with Gasteiger partial charge in [-0.15, -0.1) is 11.3 Å². The lowest BCUT2D eigenvalue weighted by Gasteiger charge is -2.24. The number of rotatable bonds is 11. The molecule has 5 atom stereocenters. The standard InChI is InChI=1S/C23H33NO4S/c1-15(25)6-4-2-3-5-7-17-18(22(28)13-21(17)27)9-10-20(26)16-8-11-23-19(12-16)24-14-29-23/h8,11-12,14,17-18,20-22,26-28H,2-7,9-10,13H2,1H3/t17-,18-,20?,21+,22-/m1/s1. The zero-order valence-electron chi connectivity index (χ0n) is 17.2. The fourth-order valence-corrected chi connectivity index (χ4v) is 5.35. The van der Waals surface area contributed by atoms with Crippen LogP contribution in [0.2, 0.25) is 0 Å². The lowest BCUT2D eigenvalue weighted by Crippen LogP contribution is -2.23. The van der Waals surface area contributed by atoms with E-state index in [2.05, 4.69) is 4.98 Å². The summed E-state index contributed by atoms with van der Waals surface area (Å²) in [5, 5.41) is 31.5. The fourth-order valence-electron chi connectivity index (χ4n) is 4.69. The Balaban J connectivity index is 1.48. The Morgan fingerprint density at radius 3 is 2.62 bits per heavy atom. The molecule has 1 aromatic heterocycles. The average molecular weight is 420 g/mol. The second-order valence-electron chi connectivity index (χ2n) is 8.53. The minimum absolute atomic E-state index is 0.0277. The van der Waals surface area contributed by atoms with Crippen molar-refractivity contribution in [2.24, 2.45) is 11.8 Å². The maximum atomic E-state index is 11.0. The maximum absolute atomic E-state index is 11.0. The summed E-state index contributed by atoms with van der Waals surface area (Å²) in [7, 11) is 0. The molecule has 3 N–H and O–H groups in total. The quantitative estimate of drug-likeness (QED) is 0.470. The molecule has 0 saturated heterocycles. The monoisotopic (exact) mass is 419 g/mol. The highest BCUT2D eigenvalue weighted by Gasteiger charge is 2.40. The normalized spacial score (nSPS) is 25.5. The van der Waals surface area contributed by atoms with Gasteiger partial charge < -0.3 is 20.1 Å². The first kappa shape index (κ1) is 22.3. The van der Waals surface area contributed by atoms with E-state index in [1.165, 1.54) is 0 Å². The zero-order chi connectivity index (χ0) is 20.8. The van der Waals surface area contributed by atoms with E-state index < -0.39 is 18.3 Å².